The molecule has 3 atom stereocenters. The Hall–Kier alpha value is -3.47. The SMILES string of the molecule is C[C@@H](NC(=O)N1C(=O)[C@H](Cc2ccc(Cl)nc2)[C@H]1C(=O)O)c1ccc2c(c1)OC(F)(F)O2. The van der Waals surface area contributed by atoms with Crippen molar-refractivity contribution in [3.63, 3.8) is 0 Å². The highest BCUT2D eigenvalue weighted by Crippen LogP contribution is 2.42. The van der Waals surface area contributed by atoms with Crippen LogP contribution in [0.5, 0.6) is 11.5 Å². The molecule has 2 aliphatic heterocycles. The number of nitrogens with one attached hydrogen (secondary N) is 1. The number of aromatic nitrogens is 1. The number of amides is 3. The van der Waals surface area contributed by atoms with Gasteiger partial charge in [-0.05, 0) is 42.7 Å². The largest absolute Gasteiger partial charge is 0.586 e. The molecule has 1 aromatic heterocycles. The number of urea groups is 1. The molecule has 32 heavy (non-hydrogen) atoms. The lowest BCUT2D eigenvalue weighted by Crippen LogP contribution is -2.68. The summed E-state index contributed by atoms with van der Waals surface area (Å²) in [5.41, 5.74) is 0.992. The van der Waals surface area contributed by atoms with Crippen molar-refractivity contribution in [1.29, 1.82) is 0 Å². The molecule has 4 rings (SSSR count). The van der Waals surface area contributed by atoms with Gasteiger partial charge in [-0.3, -0.25) is 4.79 Å². The van der Waals surface area contributed by atoms with Crippen LogP contribution in [-0.2, 0) is 16.0 Å². The van der Waals surface area contributed by atoms with Gasteiger partial charge in [0.2, 0.25) is 5.91 Å². The maximum atomic E-state index is 13.2. The van der Waals surface area contributed by atoms with E-state index in [1.54, 1.807) is 13.0 Å². The average molecular weight is 468 g/mol. The minimum Gasteiger partial charge on any atom is -0.480 e. The number of β-lactam (4-membered cyclic amide) rings is 1. The second-order valence-corrected chi connectivity index (χ2v) is 7.72. The first-order valence-electron chi connectivity index (χ1n) is 9.42. The van der Waals surface area contributed by atoms with Crippen molar-refractivity contribution in [2.75, 3.05) is 0 Å². The molecule has 12 heteroatoms. The number of carbonyl (C=O) groups is 3. The summed E-state index contributed by atoms with van der Waals surface area (Å²) in [7, 11) is 0. The van der Waals surface area contributed by atoms with Crippen LogP contribution < -0.4 is 14.8 Å². The summed E-state index contributed by atoms with van der Waals surface area (Å²) in [6.07, 6.45) is -2.26. The van der Waals surface area contributed by atoms with Crippen LogP contribution in [0, 0.1) is 5.92 Å². The number of likely N-dealkylation sites (tertiary alicyclic amines) is 1. The van der Waals surface area contributed by atoms with Crippen molar-refractivity contribution in [1.82, 2.24) is 15.2 Å². The quantitative estimate of drug-likeness (QED) is 0.512. The molecule has 0 spiro atoms. The van der Waals surface area contributed by atoms with Crippen molar-refractivity contribution < 1.29 is 37.7 Å². The number of benzene rings is 1. The summed E-state index contributed by atoms with van der Waals surface area (Å²) in [5.74, 6) is -3.27. The minimum absolute atomic E-state index is 0.0790. The molecule has 0 saturated carbocycles. The van der Waals surface area contributed by atoms with Gasteiger partial charge in [-0.15, -0.1) is 8.78 Å². The van der Waals surface area contributed by atoms with Crippen LogP contribution in [0.3, 0.4) is 0 Å². The summed E-state index contributed by atoms with van der Waals surface area (Å²) in [6.45, 7) is 1.55. The highest BCUT2D eigenvalue weighted by Gasteiger charge is 2.54. The molecule has 2 aliphatic rings. The Balaban J connectivity index is 1.44. The summed E-state index contributed by atoms with van der Waals surface area (Å²) >= 11 is 5.73. The molecule has 1 saturated heterocycles. The monoisotopic (exact) mass is 467 g/mol. The molecule has 9 nitrogen and oxygen atoms in total. The van der Waals surface area contributed by atoms with Crippen LogP contribution in [-0.4, -0.2) is 45.2 Å². The number of carboxylic acid groups (broad SMARTS) is 1. The number of alkyl halides is 2. The maximum Gasteiger partial charge on any atom is 0.586 e. The predicted octanol–water partition coefficient (Wildman–Crippen LogP) is 2.98. The number of hydrogen-bond acceptors (Lipinski definition) is 6. The second-order valence-electron chi connectivity index (χ2n) is 7.34. The van der Waals surface area contributed by atoms with Gasteiger partial charge in [0.1, 0.15) is 5.15 Å². The molecule has 0 unspecified atom stereocenters. The van der Waals surface area contributed by atoms with Crippen LogP contribution in [0.2, 0.25) is 5.15 Å². The fraction of sp³-hybridized carbons (Fsp3) is 0.300. The zero-order valence-electron chi connectivity index (χ0n) is 16.4. The lowest BCUT2D eigenvalue weighted by molar-refractivity contribution is -0.286. The molecule has 0 radical (unpaired) electrons. The van der Waals surface area contributed by atoms with E-state index in [-0.39, 0.29) is 23.1 Å². The summed E-state index contributed by atoms with van der Waals surface area (Å²) < 4.78 is 35.1. The molecular weight excluding hydrogens is 452 g/mol. The van der Waals surface area contributed by atoms with E-state index in [1.165, 1.54) is 30.5 Å². The van der Waals surface area contributed by atoms with E-state index in [1.807, 2.05) is 0 Å². The number of carbonyl (C=O) groups excluding carboxylic acids is 2. The Labute approximate surface area is 184 Å². The van der Waals surface area contributed by atoms with E-state index in [0.717, 1.165) is 0 Å². The summed E-state index contributed by atoms with van der Waals surface area (Å²) in [4.78, 5) is 41.5. The highest BCUT2D eigenvalue weighted by atomic mass is 35.5. The number of nitrogens with zero attached hydrogens (tertiary/aromatic N) is 2. The van der Waals surface area contributed by atoms with E-state index in [9.17, 15) is 28.3 Å². The Morgan fingerprint density at radius 3 is 2.66 bits per heavy atom. The zero-order chi connectivity index (χ0) is 23.2. The number of ether oxygens (including phenoxy) is 2. The van der Waals surface area contributed by atoms with E-state index in [4.69, 9.17) is 11.6 Å². The topological polar surface area (TPSA) is 118 Å². The number of fused-ring (bicyclic) bond motifs is 1. The Kier molecular flexibility index (Phi) is 5.37. The smallest absolute Gasteiger partial charge is 0.480 e. The van der Waals surface area contributed by atoms with Gasteiger partial charge in [-0.1, -0.05) is 23.7 Å². The molecule has 1 aromatic carbocycles. The molecule has 2 aromatic rings. The predicted molar refractivity (Wildman–Crippen MR) is 104 cm³/mol. The lowest BCUT2D eigenvalue weighted by atomic mass is 9.83. The first-order valence-corrected chi connectivity index (χ1v) is 9.80. The van der Waals surface area contributed by atoms with E-state index in [2.05, 4.69) is 19.8 Å². The van der Waals surface area contributed by atoms with Crippen LogP contribution in [0.1, 0.15) is 24.1 Å². The van der Waals surface area contributed by atoms with Gasteiger partial charge in [0.05, 0.1) is 12.0 Å². The van der Waals surface area contributed by atoms with Crippen LogP contribution in [0.15, 0.2) is 36.5 Å². The third-order valence-corrected chi connectivity index (χ3v) is 5.42. The van der Waals surface area contributed by atoms with E-state index >= 15 is 0 Å². The van der Waals surface area contributed by atoms with Gasteiger partial charge >= 0.3 is 18.3 Å². The molecule has 168 valence electrons. The first kappa shape index (κ1) is 21.8. The lowest BCUT2D eigenvalue weighted by Gasteiger charge is -2.43. The third-order valence-electron chi connectivity index (χ3n) is 5.20. The second kappa shape index (κ2) is 7.90. The van der Waals surface area contributed by atoms with Gasteiger partial charge in [0.15, 0.2) is 17.5 Å². The number of rotatable bonds is 5. The van der Waals surface area contributed by atoms with Crippen molar-refractivity contribution in [3.05, 3.63) is 52.8 Å². The number of imide groups is 1. The molecule has 0 aliphatic carbocycles. The van der Waals surface area contributed by atoms with Crippen LogP contribution >= 0.6 is 11.6 Å². The molecule has 1 fully saturated rings. The zero-order valence-corrected chi connectivity index (χ0v) is 17.2. The van der Waals surface area contributed by atoms with Gasteiger partial charge < -0.3 is 19.9 Å². The van der Waals surface area contributed by atoms with Crippen molar-refractivity contribution in [2.24, 2.45) is 5.92 Å². The molecule has 2 N–H and O–H groups in total. The Morgan fingerprint density at radius 2 is 2.00 bits per heavy atom. The third kappa shape index (κ3) is 4.03. The van der Waals surface area contributed by atoms with Gasteiger partial charge in [0.25, 0.3) is 0 Å². The van der Waals surface area contributed by atoms with Crippen molar-refractivity contribution >= 4 is 29.5 Å². The van der Waals surface area contributed by atoms with Gasteiger partial charge in [-0.2, -0.15) is 0 Å². The first-order chi connectivity index (χ1) is 15.1. The van der Waals surface area contributed by atoms with E-state index in [0.29, 0.717) is 16.0 Å². The molecule has 3 amide bonds. The summed E-state index contributed by atoms with van der Waals surface area (Å²) in [6, 6.07) is 4.09. The average Bonchev–Trinajstić information content (AvgIpc) is 3.03. The maximum absolute atomic E-state index is 13.2. The Morgan fingerprint density at radius 1 is 1.28 bits per heavy atom. The molecule has 3 heterocycles. The highest BCUT2D eigenvalue weighted by molar-refractivity contribution is 6.29. The fourth-order valence-corrected chi connectivity index (χ4v) is 3.72. The number of carboxylic acids is 1. The van der Waals surface area contributed by atoms with Crippen molar-refractivity contribution in [3.8, 4) is 11.5 Å². The minimum atomic E-state index is -3.78. The van der Waals surface area contributed by atoms with Gasteiger partial charge in [-0.25, -0.2) is 19.5 Å². The normalized spacial score (nSPS) is 21.6. The van der Waals surface area contributed by atoms with Crippen molar-refractivity contribution in [2.45, 2.75) is 31.7 Å². The fourth-order valence-electron chi connectivity index (χ4n) is 3.61. The molecule has 0 bridgehead atoms. The molecular formula is C20H16ClF2N3O6. The summed E-state index contributed by atoms with van der Waals surface area (Å²) in [5, 5.41) is 12.3. The Bertz CT molecular complexity index is 1100. The van der Waals surface area contributed by atoms with E-state index < -0.39 is 42.2 Å². The number of halogens is 3. The number of pyridine rings is 1. The number of hydrogen-bond donors (Lipinski definition) is 2. The number of aliphatic carboxylic acids is 1. The standard InChI is InChI=1S/C20H16ClF2N3O6/c1-9(11-3-4-13-14(7-11)32-20(22,23)31-13)25-19(30)26-16(18(28)29)12(17(26)27)6-10-2-5-15(21)24-8-10/h2-5,7-9,12,16H,6H2,1H3,(H,25,30)(H,28,29)/t9-,12-,16+/m1/s1. The van der Waals surface area contributed by atoms with Gasteiger partial charge in [0, 0.05) is 6.20 Å². The van der Waals surface area contributed by atoms with Crippen LogP contribution in [0.25, 0.3) is 0 Å². The van der Waals surface area contributed by atoms with Crippen LogP contribution in [0.4, 0.5) is 13.6 Å².